The van der Waals surface area contributed by atoms with E-state index in [1.54, 1.807) is 0 Å². The largest absolute Gasteiger partial charge is 0.334 e. The molecule has 1 heterocycles. The van der Waals surface area contributed by atoms with Crippen molar-refractivity contribution < 1.29 is 4.52 Å². The number of nitrogens with zero attached hydrogens (tertiary/aromatic N) is 2. The van der Waals surface area contributed by atoms with Gasteiger partial charge in [-0.2, -0.15) is 4.98 Å². The predicted molar refractivity (Wildman–Crippen MR) is 71.9 cm³/mol. The number of aromatic nitrogens is 2. The van der Waals surface area contributed by atoms with E-state index in [9.17, 15) is 0 Å². The zero-order chi connectivity index (χ0) is 13.3. The molecule has 0 aliphatic carbocycles. The summed E-state index contributed by atoms with van der Waals surface area (Å²) < 4.78 is 5.07. The Hall–Kier alpha value is -1.64. The van der Waals surface area contributed by atoms with Crippen molar-refractivity contribution >= 4 is 0 Å². The molecule has 0 aliphatic rings. The molecule has 2 rings (SSSR count). The van der Waals surface area contributed by atoms with Gasteiger partial charge in [-0.1, -0.05) is 51.1 Å². The maximum Gasteiger partial charge on any atom is 0.258 e. The van der Waals surface area contributed by atoms with Crippen LogP contribution in [0.5, 0.6) is 0 Å². The van der Waals surface area contributed by atoms with Gasteiger partial charge in [-0.3, -0.25) is 0 Å². The molecule has 0 fully saturated rings. The molecule has 1 aromatic carbocycles. The van der Waals surface area contributed by atoms with Gasteiger partial charge in [-0.05, 0) is 25.5 Å². The van der Waals surface area contributed by atoms with Gasteiger partial charge >= 0.3 is 0 Å². The zero-order valence-electron chi connectivity index (χ0n) is 11.6. The highest BCUT2D eigenvalue weighted by molar-refractivity contribution is 5.57. The van der Waals surface area contributed by atoms with E-state index in [1.165, 1.54) is 0 Å². The number of aryl methyl sites for hydroxylation is 2. The van der Waals surface area contributed by atoms with E-state index >= 15 is 0 Å². The van der Waals surface area contributed by atoms with E-state index in [1.807, 2.05) is 65.8 Å². The van der Waals surface area contributed by atoms with E-state index in [0.29, 0.717) is 11.7 Å². The lowest BCUT2D eigenvalue weighted by Gasteiger charge is -1.97. The number of hydrogen-bond donors (Lipinski definition) is 0. The van der Waals surface area contributed by atoms with Crippen molar-refractivity contribution in [1.29, 1.82) is 0 Å². The van der Waals surface area contributed by atoms with Crippen molar-refractivity contribution in [3.05, 3.63) is 35.7 Å². The van der Waals surface area contributed by atoms with Gasteiger partial charge < -0.3 is 4.52 Å². The summed E-state index contributed by atoms with van der Waals surface area (Å²) in [6, 6.07) is 7.95. The van der Waals surface area contributed by atoms with E-state index in [0.717, 1.165) is 11.1 Å². The molecule has 0 radical (unpaired) electrons. The van der Waals surface area contributed by atoms with Gasteiger partial charge in [-0.25, -0.2) is 0 Å². The minimum Gasteiger partial charge on any atom is -0.334 e. The van der Waals surface area contributed by atoms with Crippen LogP contribution >= 0.6 is 0 Å². The normalized spacial score (nSPS) is 8.59. The molecule has 0 saturated heterocycles. The molecule has 1 aromatic heterocycles. The fourth-order valence-electron chi connectivity index (χ4n) is 1.22. The summed E-state index contributed by atoms with van der Waals surface area (Å²) in [5.41, 5.74) is 2.15. The van der Waals surface area contributed by atoms with Crippen molar-refractivity contribution in [2.24, 2.45) is 0 Å². The Kier molecular flexibility index (Phi) is 7.68. The maximum absolute atomic E-state index is 5.07. The van der Waals surface area contributed by atoms with E-state index in [2.05, 4.69) is 10.1 Å². The molecule has 2 aromatic rings. The van der Waals surface area contributed by atoms with Gasteiger partial charge in [-0.15, -0.1) is 0 Å². The zero-order valence-corrected chi connectivity index (χ0v) is 11.6. The molecular weight excluding hydrogens is 212 g/mol. The Balaban J connectivity index is 0.000000581. The second-order valence-corrected chi connectivity index (χ2v) is 2.96. The van der Waals surface area contributed by atoms with Gasteiger partial charge in [0, 0.05) is 5.56 Å². The van der Waals surface area contributed by atoms with Crippen LogP contribution in [0.3, 0.4) is 0 Å². The second-order valence-electron chi connectivity index (χ2n) is 2.96. The fraction of sp³-hybridized carbons (Fsp3) is 0.429. The molecule has 17 heavy (non-hydrogen) atoms. The number of benzene rings is 1. The summed E-state index contributed by atoms with van der Waals surface area (Å²) in [7, 11) is 0. The summed E-state index contributed by atoms with van der Waals surface area (Å²) in [6.07, 6.45) is 0. The Bertz CT molecular complexity index is 422. The number of rotatable bonds is 1. The Morgan fingerprint density at radius 2 is 1.53 bits per heavy atom. The highest BCUT2D eigenvalue weighted by Gasteiger charge is 2.07. The lowest BCUT2D eigenvalue weighted by Crippen LogP contribution is -1.82. The average Bonchev–Trinajstić information content (AvgIpc) is 2.81. The van der Waals surface area contributed by atoms with Crippen LogP contribution in [0.25, 0.3) is 11.5 Å². The third-order valence-electron chi connectivity index (χ3n) is 1.90. The van der Waals surface area contributed by atoms with Crippen molar-refractivity contribution in [1.82, 2.24) is 10.1 Å². The van der Waals surface area contributed by atoms with Crippen molar-refractivity contribution in [2.75, 3.05) is 0 Å². The van der Waals surface area contributed by atoms with Gasteiger partial charge in [0.05, 0.1) is 0 Å². The smallest absolute Gasteiger partial charge is 0.258 e. The van der Waals surface area contributed by atoms with E-state index < -0.39 is 0 Å². The van der Waals surface area contributed by atoms with Gasteiger partial charge in [0.1, 0.15) is 0 Å². The average molecular weight is 234 g/mol. The third-order valence-corrected chi connectivity index (χ3v) is 1.90. The molecule has 0 bridgehead atoms. The van der Waals surface area contributed by atoms with Crippen LogP contribution in [0.4, 0.5) is 0 Å². The van der Waals surface area contributed by atoms with Crippen LogP contribution < -0.4 is 0 Å². The first kappa shape index (κ1) is 15.4. The SMILES string of the molecule is CC.CC.Cc1noc(-c2ccccc2C)n1. The molecule has 3 heteroatoms. The lowest BCUT2D eigenvalue weighted by molar-refractivity contribution is 0.425. The highest BCUT2D eigenvalue weighted by atomic mass is 16.5. The van der Waals surface area contributed by atoms with Crippen LogP contribution in [0, 0.1) is 13.8 Å². The molecule has 0 spiro atoms. The summed E-state index contributed by atoms with van der Waals surface area (Å²) >= 11 is 0. The highest BCUT2D eigenvalue weighted by Crippen LogP contribution is 2.20. The molecule has 0 aliphatic heterocycles. The Morgan fingerprint density at radius 3 is 2.00 bits per heavy atom. The molecule has 0 unspecified atom stereocenters. The predicted octanol–water partition coefficient (Wildman–Crippen LogP) is 4.41. The van der Waals surface area contributed by atoms with Crippen LogP contribution in [0.2, 0.25) is 0 Å². The first-order chi connectivity index (χ1) is 8.27. The van der Waals surface area contributed by atoms with Crippen LogP contribution in [0.1, 0.15) is 39.1 Å². The van der Waals surface area contributed by atoms with E-state index in [4.69, 9.17) is 4.52 Å². The summed E-state index contributed by atoms with van der Waals surface area (Å²) in [4.78, 5) is 4.16. The van der Waals surface area contributed by atoms with Crippen LogP contribution in [0.15, 0.2) is 28.8 Å². The van der Waals surface area contributed by atoms with Crippen LogP contribution in [-0.2, 0) is 0 Å². The third kappa shape index (κ3) is 4.39. The van der Waals surface area contributed by atoms with Gasteiger partial charge in [0.25, 0.3) is 5.89 Å². The molecular formula is C14H22N2O. The van der Waals surface area contributed by atoms with Crippen LogP contribution in [-0.4, -0.2) is 10.1 Å². The molecule has 0 amide bonds. The van der Waals surface area contributed by atoms with Gasteiger partial charge in [0.2, 0.25) is 0 Å². The van der Waals surface area contributed by atoms with E-state index in [-0.39, 0.29) is 0 Å². The molecule has 0 saturated carbocycles. The molecule has 94 valence electrons. The topological polar surface area (TPSA) is 38.9 Å². The molecule has 3 nitrogen and oxygen atoms in total. The Labute approximate surface area is 104 Å². The number of hydrogen-bond acceptors (Lipinski definition) is 3. The molecule has 0 N–H and O–H groups in total. The maximum atomic E-state index is 5.07. The standard InChI is InChI=1S/C10H10N2O.2C2H6/c1-7-5-3-4-6-9(7)10-11-8(2)12-13-10;2*1-2/h3-6H,1-2H3;2*1-2H3. The fourth-order valence-corrected chi connectivity index (χ4v) is 1.22. The summed E-state index contributed by atoms with van der Waals surface area (Å²) in [6.45, 7) is 11.8. The first-order valence-electron chi connectivity index (χ1n) is 6.13. The monoisotopic (exact) mass is 234 g/mol. The minimum absolute atomic E-state index is 0.593. The minimum atomic E-state index is 0.593. The Morgan fingerprint density at radius 1 is 0.941 bits per heavy atom. The van der Waals surface area contributed by atoms with Crippen molar-refractivity contribution in [2.45, 2.75) is 41.5 Å². The summed E-state index contributed by atoms with van der Waals surface area (Å²) in [5, 5.41) is 3.75. The summed E-state index contributed by atoms with van der Waals surface area (Å²) in [5.74, 6) is 1.26. The molecule has 0 atom stereocenters. The lowest BCUT2D eigenvalue weighted by atomic mass is 10.1. The van der Waals surface area contributed by atoms with Crippen molar-refractivity contribution in [3.63, 3.8) is 0 Å². The van der Waals surface area contributed by atoms with Gasteiger partial charge in [0.15, 0.2) is 5.82 Å². The second kappa shape index (κ2) is 8.50. The first-order valence-corrected chi connectivity index (χ1v) is 6.13. The van der Waals surface area contributed by atoms with Crippen molar-refractivity contribution in [3.8, 4) is 11.5 Å². The quantitative estimate of drug-likeness (QED) is 0.733.